The Balaban J connectivity index is 0.00000364. The van der Waals surface area contributed by atoms with Crippen LogP contribution in [0, 0.1) is 5.82 Å². The third kappa shape index (κ3) is 9.43. The molecule has 2 aromatic carbocycles. The van der Waals surface area contributed by atoms with Crippen LogP contribution in [0.2, 0.25) is 5.02 Å². The van der Waals surface area contributed by atoms with Crippen molar-refractivity contribution in [3.63, 3.8) is 0 Å². The smallest absolute Gasteiger partial charge is 0.124 e. The highest BCUT2D eigenvalue weighted by Gasteiger charge is 2.06. The van der Waals surface area contributed by atoms with Gasteiger partial charge in [0.25, 0.3) is 0 Å². The van der Waals surface area contributed by atoms with Gasteiger partial charge < -0.3 is 14.8 Å². The minimum Gasteiger partial charge on any atom is -0.489 e. The summed E-state index contributed by atoms with van der Waals surface area (Å²) < 4.78 is 24.4. The van der Waals surface area contributed by atoms with Gasteiger partial charge >= 0.3 is 0 Å². The summed E-state index contributed by atoms with van der Waals surface area (Å²) in [6.45, 7) is 5.71. The molecule has 2 aromatic rings. The highest BCUT2D eigenvalue weighted by Crippen LogP contribution is 2.24. The first-order valence-corrected chi connectivity index (χ1v) is 9.51. The van der Waals surface area contributed by atoms with E-state index in [9.17, 15) is 4.39 Å². The van der Waals surface area contributed by atoms with Crippen molar-refractivity contribution in [3.05, 3.63) is 64.4 Å². The van der Waals surface area contributed by atoms with Gasteiger partial charge in [-0.3, -0.25) is 0 Å². The minimum absolute atomic E-state index is 0. The monoisotopic (exact) mass is 415 g/mol. The van der Waals surface area contributed by atoms with Crippen molar-refractivity contribution in [2.45, 2.75) is 39.3 Å². The molecule has 2 rings (SSSR count). The molecule has 0 aromatic heterocycles. The first kappa shape index (κ1) is 23.7. The average molecular weight is 416 g/mol. The maximum Gasteiger partial charge on any atom is 0.124 e. The molecule has 0 bridgehead atoms. The van der Waals surface area contributed by atoms with Crippen LogP contribution in [-0.2, 0) is 17.9 Å². The predicted molar refractivity (Wildman–Crippen MR) is 111 cm³/mol. The summed E-state index contributed by atoms with van der Waals surface area (Å²) in [5.74, 6) is 0.536. The van der Waals surface area contributed by atoms with Gasteiger partial charge in [-0.1, -0.05) is 37.1 Å². The largest absolute Gasteiger partial charge is 0.489 e. The SMILES string of the molecule is CCCCOCCCNCc1cc(Cl)ccc1OCc1ccc(F)cc1.Cl. The van der Waals surface area contributed by atoms with E-state index in [1.807, 2.05) is 18.2 Å². The zero-order valence-electron chi connectivity index (χ0n) is 15.7. The Morgan fingerprint density at radius 1 is 1.04 bits per heavy atom. The van der Waals surface area contributed by atoms with Crippen LogP contribution in [0.1, 0.15) is 37.3 Å². The molecule has 0 amide bonds. The van der Waals surface area contributed by atoms with E-state index in [1.165, 1.54) is 12.1 Å². The lowest BCUT2D eigenvalue weighted by molar-refractivity contribution is 0.128. The molecule has 0 aliphatic heterocycles. The number of hydrogen-bond acceptors (Lipinski definition) is 3. The molecule has 150 valence electrons. The van der Waals surface area contributed by atoms with Crippen LogP contribution < -0.4 is 10.1 Å². The lowest BCUT2D eigenvalue weighted by atomic mass is 10.2. The molecule has 0 aliphatic carbocycles. The molecule has 0 heterocycles. The number of unbranched alkanes of at least 4 members (excludes halogenated alkanes) is 1. The normalized spacial score (nSPS) is 10.5. The number of rotatable bonds is 12. The summed E-state index contributed by atoms with van der Waals surface area (Å²) >= 11 is 6.12. The molecule has 6 heteroatoms. The molecule has 0 fully saturated rings. The number of nitrogens with one attached hydrogen (secondary N) is 1. The summed E-state index contributed by atoms with van der Waals surface area (Å²) in [6, 6.07) is 11.9. The molecule has 0 radical (unpaired) electrons. The number of hydrogen-bond donors (Lipinski definition) is 1. The number of halogens is 3. The molecule has 27 heavy (non-hydrogen) atoms. The molecular weight excluding hydrogens is 388 g/mol. The molecule has 0 atom stereocenters. The average Bonchev–Trinajstić information content (AvgIpc) is 2.64. The Kier molecular flexibility index (Phi) is 12.1. The summed E-state index contributed by atoms with van der Waals surface area (Å²) in [5, 5.41) is 4.08. The highest BCUT2D eigenvalue weighted by molar-refractivity contribution is 6.30. The van der Waals surface area contributed by atoms with Gasteiger partial charge in [-0.05, 0) is 55.3 Å². The standard InChI is InChI=1S/C21H27ClFNO2.ClH/c1-2-3-12-25-13-4-11-24-15-18-14-19(22)7-10-21(18)26-16-17-5-8-20(23)9-6-17;/h5-10,14,24H,2-4,11-13,15-16H2,1H3;1H. The summed E-state index contributed by atoms with van der Waals surface area (Å²) in [5.41, 5.74) is 1.93. The van der Waals surface area contributed by atoms with Crippen LogP contribution in [0.25, 0.3) is 0 Å². The van der Waals surface area contributed by atoms with Gasteiger partial charge in [-0.15, -0.1) is 12.4 Å². The molecule has 0 spiro atoms. The van der Waals surface area contributed by atoms with Crippen molar-refractivity contribution >= 4 is 24.0 Å². The second-order valence-electron chi connectivity index (χ2n) is 6.16. The van der Waals surface area contributed by atoms with Crippen molar-refractivity contribution in [2.24, 2.45) is 0 Å². The van der Waals surface area contributed by atoms with Crippen LogP contribution in [0.15, 0.2) is 42.5 Å². The van der Waals surface area contributed by atoms with Gasteiger partial charge in [-0.25, -0.2) is 4.39 Å². The molecular formula is C21H28Cl2FNO2. The van der Waals surface area contributed by atoms with E-state index in [0.29, 0.717) is 18.2 Å². The lowest BCUT2D eigenvalue weighted by Crippen LogP contribution is -2.17. The van der Waals surface area contributed by atoms with E-state index < -0.39 is 0 Å². The van der Waals surface area contributed by atoms with Gasteiger partial charge in [0.15, 0.2) is 0 Å². The topological polar surface area (TPSA) is 30.5 Å². The van der Waals surface area contributed by atoms with Crippen LogP contribution in [-0.4, -0.2) is 19.8 Å². The Morgan fingerprint density at radius 2 is 1.78 bits per heavy atom. The van der Waals surface area contributed by atoms with Crippen molar-refractivity contribution in [3.8, 4) is 5.75 Å². The van der Waals surface area contributed by atoms with Gasteiger partial charge in [0.1, 0.15) is 18.2 Å². The molecule has 0 saturated heterocycles. The highest BCUT2D eigenvalue weighted by atomic mass is 35.5. The molecule has 0 saturated carbocycles. The summed E-state index contributed by atoms with van der Waals surface area (Å²) in [7, 11) is 0. The number of benzene rings is 2. The van der Waals surface area contributed by atoms with Gasteiger partial charge in [0, 0.05) is 30.3 Å². The minimum atomic E-state index is -0.246. The van der Waals surface area contributed by atoms with Crippen molar-refractivity contribution < 1.29 is 13.9 Å². The van der Waals surface area contributed by atoms with Gasteiger partial charge in [-0.2, -0.15) is 0 Å². The van der Waals surface area contributed by atoms with E-state index in [-0.39, 0.29) is 18.2 Å². The van der Waals surface area contributed by atoms with Crippen molar-refractivity contribution in [1.82, 2.24) is 5.32 Å². The van der Waals surface area contributed by atoms with Crippen LogP contribution >= 0.6 is 24.0 Å². The Hall–Kier alpha value is -1.33. The maximum atomic E-state index is 13.0. The molecule has 0 aliphatic rings. The Labute approximate surface area is 172 Å². The van der Waals surface area contributed by atoms with E-state index in [4.69, 9.17) is 21.1 Å². The first-order chi connectivity index (χ1) is 12.7. The fourth-order valence-electron chi connectivity index (χ4n) is 2.44. The van der Waals surface area contributed by atoms with Crippen LogP contribution in [0.4, 0.5) is 4.39 Å². The van der Waals surface area contributed by atoms with Gasteiger partial charge in [0.05, 0.1) is 0 Å². The Bertz CT molecular complexity index is 653. The third-order valence-electron chi connectivity index (χ3n) is 3.93. The van der Waals surface area contributed by atoms with E-state index >= 15 is 0 Å². The second kappa shape index (κ2) is 13.8. The van der Waals surface area contributed by atoms with Crippen molar-refractivity contribution in [2.75, 3.05) is 19.8 Å². The van der Waals surface area contributed by atoms with Gasteiger partial charge in [0.2, 0.25) is 0 Å². The number of ether oxygens (including phenoxy) is 2. The second-order valence-corrected chi connectivity index (χ2v) is 6.60. The third-order valence-corrected chi connectivity index (χ3v) is 4.17. The zero-order valence-corrected chi connectivity index (χ0v) is 17.3. The zero-order chi connectivity index (χ0) is 18.6. The fourth-order valence-corrected chi connectivity index (χ4v) is 2.63. The van der Waals surface area contributed by atoms with Crippen molar-refractivity contribution in [1.29, 1.82) is 0 Å². The summed E-state index contributed by atoms with van der Waals surface area (Å²) in [4.78, 5) is 0. The quantitative estimate of drug-likeness (QED) is 0.445. The maximum absolute atomic E-state index is 13.0. The van der Waals surface area contributed by atoms with E-state index in [0.717, 1.165) is 55.9 Å². The lowest BCUT2D eigenvalue weighted by Gasteiger charge is -2.13. The fraction of sp³-hybridized carbons (Fsp3) is 0.429. The summed E-state index contributed by atoms with van der Waals surface area (Å²) in [6.07, 6.45) is 3.24. The van der Waals surface area contributed by atoms with E-state index in [1.54, 1.807) is 12.1 Å². The Morgan fingerprint density at radius 3 is 2.52 bits per heavy atom. The first-order valence-electron chi connectivity index (χ1n) is 9.13. The molecule has 1 N–H and O–H groups in total. The van der Waals surface area contributed by atoms with Crippen LogP contribution in [0.5, 0.6) is 5.75 Å². The molecule has 3 nitrogen and oxygen atoms in total. The van der Waals surface area contributed by atoms with Crippen LogP contribution in [0.3, 0.4) is 0 Å². The predicted octanol–water partition coefficient (Wildman–Crippen LogP) is 5.78. The van der Waals surface area contributed by atoms with E-state index in [2.05, 4.69) is 12.2 Å². The molecule has 0 unspecified atom stereocenters.